The van der Waals surface area contributed by atoms with Gasteiger partial charge < -0.3 is 25.0 Å². The van der Waals surface area contributed by atoms with Crippen LogP contribution in [0, 0.1) is 11.3 Å². The molecule has 0 amide bonds. The highest BCUT2D eigenvalue weighted by Crippen LogP contribution is 2.44. The molecule has 1 atom stereocenters. The maximum atomic E-state index is 10.6. The molecule has 258 valence electrons. The number of alkyl halides is 9. The monoisotopic (exact) mass is 671 g/mol. The molecule has 1 aromatic rings. The number of rotatable bonds is 6. The van der Waals surface area contributed by atoms with Crippen molar-refractivity contribution in [3.63, 3.8) is 0 Å². The number of nitrogens with zero attached hydrogens (tertiary/aromatic N) is 3. The van der Waals surface area contributed by atoms with Crippen LogP contribution in [0.3, 0.4) is 0 Å². The first-order chi connectivity index (χ1) is 20.6. The number of likely N-dealkylation sites (tertiary alicyclic amines) is 2. The fraction of sp³-hybridized carbons (Fsp3) is 0.692. The lowest BCUT2D eigenvalue weighted by atomic mass is 9.77. The Kier molecular flexibility index (Phi) is 15.0. The number of carbonyl (C=O) groups is 3. The van der Waals surface area contributed by atoms with Gasteiger partial charge in [0.2, 0.25) is 0 Å². The molecule has 3 fully saturated rings. The van der Waals surface area contributed by atoms with Crippen LogP contribution in [0.15, 0.2) is 24.5 Å². The van der Waals surface area contributed by atoms with Crippen molar-refractivity contribution < 1.29 is 74.0 Å². The van der Waals surface area contributed by atoms with E-state index in [0.29, 0.717) is 11.5 Å². The highest BCUT2D eigenvalue weighted by molar-refractivity contribution is 5.73. The van der Waals surface area contributed by atoms with Crippen molar-refractivity contribution in [2.45, 2.75) is 63.2 Å². The summed E-state index contributed by atoms with van der Waals surface area (Å²) in [6.45, 7) is 6.63. The summed E-state index contributed by atoms with van der Waals surface area (Å²) in [6.07, 6.45) is -4.63. The molecule has 3 aliphatic rings. The highest BCUT2D eigenvalue weighted by atomic mass is 19.4. The van der Waals surface area contributed by atoms with Gasteiger partial charge in [-0.25, -0.2) is 14.4 Å². The third-order valence-corrected chi connectivity index (χ3v) is 6.97. The van der Waals surface area contributed by atoms with Crippen LogP contribution in [0.5, 0.6) is 0 Å². The topological polar surface area (TPSA) is 140 Å². The van der Waals surface area contributed by atoms with Crippen molar-refractivity contribution in [3.8, 4) is 0 Å². The molecule has 0 radical (unpaired) electrons. The molecule has 2 saturated heterocycles. The number of pyridine rings is 1. The van der Waals surface area contributed by atoms with Gasteiger partial charge in [-0.1, -0.05) is 6.07 Å². The SMILES string of the molecule is CN1CCC2(CC1)CC(COCC1CC1)N(Cc1cccnc1)C2.O=C(O)C(F)(F)F.O=C(O)C(F)(F)F.O=C(O)C(F)(F)F. The van der Waals surface area contributed by atoms with Gasteiger partial charge in [0.05, 0.1) is 6.61 Å². The minimum absolute atomic E-state index is 0.516. The Morgan fingerprint density at radius 3 is 1.73 bits per heavy atom. The zero-order valence-corrected chi connectivity index (χ0v) is 24.0. The van der Waals surface area contributed by atoms with Crippen LogP contribution in [0.2, 0.25) is 0 Å². The van der Waals surface area contributed by atoms with Crippen molar-refractivity contribution in [1.29, 1.82) is 0 Å². The summed E-state index contributed by atoms with van der Waals surface area (Å²) in [5, 5.41) is 21.4. The number of hydrogen-bond acceptors (Lipinski definition) is 7. The van der Waals surface area contributed by atoms with Crippen molar-refractivity contribution in [1.82, 2.24) is 14.8 Å². The Hall–Kier alpha value is -3.19. The van der Waals surface area contributed by atoms with Gasteiger partial charge in [0.25, 0.3) is 0 Å². The lowest BCUT2D eigenvalue weighted by Crippen LogP contribution is -2.39. The molecule has 1 spiro atoms. The van der Waals surface area contributed by atoms with E-state index >= 15 is 0 Å². The molecule has 4 rings (SSSR count). The van der Waals surface area contributed by atoms with Crippen molar-refractivity contribution in [2.75, 3.05) is 39.9 Å². The summed E-state index contributed by atoms with van der Waals surface area (Å²) in [5.41, 5.74) is 1.84. The average molecular weight is 672 g/mol. The van der Waals surface area contributed by atoms with E-state index in [9.17, 15) is 39.5 Å². The summed E-state index contributed by atoms with van der Waals surface area (Å²) in [5.74, 6) is -7.41. The third-order valence-electron chi connectivity index (χ3n) is 6.97. The maximum absolute atomic E-state index is 10.6. The van der Waals surface area contributed by atoms with E-state index in [1.165, 1.54) is 57.3 Å². The van der Waals surface area contributed by atoms with Crippen LogP contribution in [-0.2, 0) is 25.7 Å². The molecule has 0 bridgehead atoms. The molecule has 1 saturated carbocycles. The summed E-state index contributed by atoms with van der Waals surface area (Å²) in [7, 11) is 2.26. The number of carboxylic acid groups (broad SMARTS) is 3. The molecular weight excluding hydrogens is 637 g/mol. The van der Waals surface area contributed by atoms with Gasteiger partial charge in [-0.05, 0) is 75.2 Å². The summed E-state index contributed by atoms with van der Waals surface area (Å²) >= 11 is 0. The third kappa shape index (κ3) is 16.1. The van der Waals surface area contributed by atoms with Gasteiger partial charge in [-0.3, -0.25) is 9.88 Å². The Morgan fingerprint density at radius 2 is 1.36 bits per heavy atom. The zero-order valence-electron chi connectivity index (χ0n) is 24.0. The maximum Gasteiger partial charge on any atom is 0.490 e. The van der Waals surface area contributed by atoms with E-state index in [4.69, 9.17) is 34.4 Å². The zero-order chi connectivity index (χ0) is 34.6. The first kappa shape index (κ1) is 39.8. The number of aliphatic carboxylic acids is 3. The minimum atomic E-state index is -5.08. The van der Waals surface area contributed by atoms with Gasteiger partial charge in [0.15, 0.2) is 0 Å². The number of hydrogen-bond donors (Lipinski definition) is 3. The molecule has 10 nitrogen and oxygen atoms in total. The molecule has 3 N–H and O–H groups in total. The summed E-state index contributed by atoms with van der Waals surface area (Å²) in [6, 6.07) is 4.83. The second-order valence-corrected chi connectivity index (χ2v) is 10.8. The second kappa shape index (κ2) is 16.9. The number of ether oxygens (including phenoxy) is 1. The van der Waals surface area contributed by atoms with Crippen molar-refractivity contribution in [3.05, 3.63) is 30.1 Å². The Balaban J connectivity index is 0.000000396. The summed E-state index contributed by atoms with van der Waals surface area (Å²) in [4.78, 5) is 36.1. The standard InChI is InChI=1S/C20H31N3O.3C2HF3O2/c1-22-9-6-20(7-10-22)11-19(15-24-14-17-4-5-17)23(16-20)13-18-3-2-8-21-12-18;3*3-2(4,5)1(6)7/h2-3,8,12,17,19H,4-7,9-11,13-16H2,1H3;3*(H,6,7). The van der Waals surface area contributed by atoms with Crippen LogP contribution in [0.1, 0.15) is 37.7 Å². The number of piperidine rings is 1. The van der Waals surface area contributed by atoms with Crippen LogP contribution in [-0.4, -0.2) is 112 Å². The van der Waals surface area contributed by atoms with E-state index in [-0.39, 0.29) is 0 Å². The molecular formula is C26H34F9N3O7. The number of halogens is 9. The molecule has 3 heterocycles. The molecule has 45 heavy (non-hydrogen) atoms. The smallest absolute Gasteiger partial charge is 0.475 e. The van der Waals surface area contributed by atoms with E-state index in [1.807, 2.05) is 12.4 Å². The van der Waals surface area contributed by atoms with Crippen LogP contribution in [0.4, 0.5) is 39.5 Å². The average Bonchev–Trinajstić information content (AvgIpc) is 3.68. The number of carboxylic acids is 3. The number of aromatic nitrogens is 1. The highest BCUT2D eigenvalue weighted by Gasteiger charge is 2.45. The van der Waals surface area contributed by atoms with Gasteiger partial charge in [0.1, 0.15) is 0 Å². The normalized spacial score (nSPS) is 20.1. The minimum Gasteiger partial charge on any atom is -0.475 e. The van der Waals surface area contributed by atoms with Gasteiger partial charge in [-0.15, -0.1) is 0 Å². The lowest BCUT2D eigenvalue weighted by molar-refractivity contribution is -0.193. The van der Waals surface area contributed by atoms with E-state index in [0.717, 1.165) is 25.7 Å². The second-order valence-electron chi connectivity index (χ2n) is 10.8. The van der Waals surface area contributed by atoms with E-state index < -0.39 is 36.4 Å². The largest absolute Gasteiger partial charge is 0.490 e. The predicted molar refractivity (Wildman–Crippen MR) is 137 cm³/mol. The van der Waals surface area contributed by atoms with Gasteiger partial charge >= 0.3 is 36.4 Å². The first-order valence-electron chi connectivity index (χ1n) is 13.4. The van der Waals surface area contributed by atoms with Crippen LogP contribution < -0.4 is 0 Å². The van der Waals surface area contributed by atoms with E-state index in [1.54, 1.807) is 0 Å². The quantitative estimate of drug-likeness (QED) is 0.365. The molecule has 0 aromatic carbocycles. The Bertz CT molecular complexity index is 1020. The molecule has 1 aromatic heterocycles. The fourth-order valence-corrected chi connectivity index (χ4v) is 4.44. The molecule has 19 heteroatoms. The van der Waals surface area contributed by atoms with Crippen molar-refractivity contribution in [2.24, 2.45) is 11.3 Å². The summed E-state index contributed by atoms with van der Waals surface area (Å²) < 4.78 is 101. The van der Waals surface area contributed by atoms with Crippen LogP contribution >= 0.6 is 0 Å². The molecule has 2 aliphatic heterocycles. The van der Waals surface area contributed by atoms with Gasteiger partial charge in [-0.2, -0.15) is 39.5 Å². The molecule has 1 aliphatic carbocycles. The fourth-order valence-electron chi connectivity index (χ4n) is 4.44. The Labute approximate surface area is 251 Å². The van der Waals surface area contributed by atoms with Crippen molar-refractivity contribution >= 4 is 17.9 Å². The predicted octanol–water partition coefficient (Wildman–Crippen LogP) is 4.69. The Morgan fingerprint density at radius 1 is 0.889 bits per heavy atom. The van der Waals surface area contributed by atoms with Gasteiger partial charge in [0, 0.05) is 38.1 Å². The lowest BCUT2D eigenvalue weighted by Gasteiger charge is -2.37. The van der Waals surface area contributed by atoms with Crippen LogP contribution in [0.25, 0.3) is 0 Å². The molecule has 1 unspecified atom stereocenters. The first-order valence-corrected chi connectivity index (χ1v) is 13.4. The van der Waals surface area contributed by atoms with E-state index in [2.05, 4.69) is 34.0 Å².